The van der Waals surface area contributed by atoms with Gasteiger partial charge in [0.2, 0.25) is 0 Å². The fraction of sp³-hybridized carbons (Fsp3) is 0.938. The van der Waals surface area contributed by atoms with Crippen LogP contribution in [0.25, 0.3) is 0 Å². The van der Waals surface area contributed by atoms with E-state index in [0.717, 1.165) is 45.3 Å². The molecule has 2 fully saturated rings. The van der Waals surface area contributed by atoms with Crippen LogP contribution in [0.4, 0.5) is 0 Å². The summed E-state index contributed by atoms with van der Waals surface area (Å²) in [5, 5.41) is 9.39. The average Bonchev–Trinajstić information content (AvgIpc) is 2.68. The van der Waals surface area contributed by atoms with Gasteiger partial charge in [0.25, 0.3) is 0 Å². The van der Waals surface area contributed by atoms with Crippen LogP contribution < -0.4 is 0 Å². The number of carboxylic acids is 1. The summed E-state index contributed by atoms with van der Waals surface area (Å²) in [4.78, 5) is 13.8. The zero-order valence-corrected chi connectivity index (χ0v) is 13.3. The van der Waals surface area contributed by atoms with Crippen molar-refractivity contribution < 1.29 is 14.6 Å². The SMILES string of the molecule is CC1(C)CCC(CN2CCCC(C(C)(C)C(=O)O)C2)O1. The number of carbonyl (C=O) groups is 1. The maximum Gasteiger partial charge on any atom is 0.309 e. The van der Waals surface area contributed by atoms with E-state index < -0.39 is 11.4 Å². The predicted molar refractivity (Wildman–Crippen MR) is 78.8 cm³/mol. The molecule has 4 heteroatoms. The van der Waals surface area contributed by atoms with Crippen LogP contribution >= 0.6 is 0 Å². The quantitative estimate of drug-likeness (QED) is 0.862. The van der Waals surface area contributed by atoms with Gasteiger partial charge in [-0.05, 0) is 65.8 Å². The Labute approximate surface area is 122 Å². The molecule has 2 heterocycles. The van der Waals surface area contributed by atoms with Crippen LogP contribution in [0.3, 0.4) is 0 Å². The van der Waals surface area contributed by atoms with Crippen LogP contribution in [-0.4, -0.2) is 47.3 Å². The van der Waals surface area contributed by atoms with E-state index in [1.54, 1.807) is 0 Å². The van der Waals surface area contributed by atoms with Crippen molar-refractivity contribution in [2.24, 2.45) is 11.3 Å². The second kappa shape index (κ2) is 5.64. The van der Waals surface area contributed by atoms with Crippen LogP contribution in [0.15, 0.2) is 0 Å². The van der Waals surface area contributed by atoms with E-state index >= 15 is 0 Å². The molecule has 0 spiro atoms. The number of hydrogen-bond donors (Lipinski definition) is 1. The first-order valence-corrected chi connectivity index (χ1v) is 7.84. The minimum Gasteiger partial charge on any atom is -0.481 e. The Morgan fingerprint density at radius 2 is 2.10 bits per heavy atom. The highest BCUT2D eigenvalue weighted by molar-refractivity contribution is 5.74. The number of ether oxygens (including phenoxy) is 1. The first kappa shape index (κ1) is 15.8. The first-order valence-electron chi connectivity index (χ1n) is 7.84. The number of aliphatic carboxylic acids is 1. The molecule has 0 saturated carbocycles. The van der Waals surface area contributed by atoms with E-state index in [4.69, 9.17) is 4.74 Å². The highest BCUT2D eigenvalue weighted by Gasteiger charge is 2.40. The summed E-state index contributed by atoms with van der Waals surface area (Å²) in [6.45, 7) is 10.9. The van der Waals surface area contributed by atoms with E-state index in [1.165, 1.54) is 0 Å². The molecule has 2 aliphatic rings. The lowest BCUT2D eigenvalue weighted by atomic mass is 9.74. The van der Waals surface area contributed by atoms with Crippen molar-refractivity contribution in [2.75, 3.05) is 19.6 Å². The van der Waals surface area contributed by atoms with Crippen LogP contribution in [-0.2, 0) is 9.53 Å². The fourth-order valence-corrected chi connectivity index (χ4v) is 3.48. The molecular weight excluding hydrogens is 254 g/mol. The molecular formula is C16H29NO3. The van der Waals surface area contributed by atoms with Crippen molar-refractivity contribution in [2.45, 2.75) is 65.1 Å². The largest absolute Gasteiger partial charge is 0.481 e. The zero-order valence-electron chi connectivity index (χ0n) is 13.3. The van der Waals surface area contributed by atoms with Gasteiger partial charge in [-0.2, -0.15) is 0 Å². The van der Waals surface area contributed by atoms with Gasteiger partial charge in [-0.1, -0.05) is 0 Å². The Bertz CT molecular complexity index is 365. The van der Waals surface area contributed by atoms with Crippen molar-refractivity contribution in [3.63, 3.8) is 0 Å². The normalized spacial score (nSPS) is 31.4. The Morgan fingerprint density at radius 3 is 2.65 bits per heavy atom. The summed E-state index contributed by atoms with van der Waals surface area (Å²) < 4.78 is 6.06. The Balaban J connectivity index is 1.90. The van der Waals surface area contributed by atoms with E-state index in [2.05, 4.69) is 18.7 Å². The summed E-state index contributed by atoms with van der Waals surface area (Å²) in [5.74, 6) is -0.439. The van der Waals surface area contributed by atoms with Crippen LogP contribution in [0, 0.1) is 11.3 Å². The summed E-state index contributed by atoms with van der Waals surface area (Å²) >= 11 is 0. The molecule has 116 valence electrons. The minimum atomic E-state index is -0.678. The van der Waals surface area contributed by atoms with Crippen molar-refractivity contribution in [1.29, 1.82) is 0 Å². The second-order valence-corrected chi connectivity index (χ2v) is 7.66. The minimum absolute atomic E-state index is 0.0141. The average molecular weight is 283 g/mol. The third kappa shape index (κ3) is 3.53. The van der Waals surface area contributed by atoms with Gasteiger partial charge in [-0.15, -0.1) is 0 Å². The van der Waals surface area contributed by atoms with Gasteiger partial charge in [0.1, 0.15) is 0 Å². The molecule has 0 aliphatic carbocycles. The van der Waals surface area contributed by atoms with Gasteiger partial charge in [0, 0.05) is 13.1 Å². The standard InChI is InChI=1S/C16H29NO3/c1-15(2)8-7-13(20-15)11-17-9-5-6-12(10-17)16(3,4)14(18)19/h12-13H,5-11H2,1-4H3,(H,18,19). The lowest BCUT2D eigenvalue weighted by Crippen LogP contribution is -2.46. The lowest BCUT2D eigenvalue weighted by Gasteiger charge is -2.40. The molecule has 0 aromatic rings. The molecule has 0 aromatic carbocycles. The number of hydrogen-bond acceptors (Lipinski definition) is 3. The predicted octanol–water partition coefficient (Wildman–Crippen LogP) is 2.77. The molecule has 0 aromatic heterocycles. The molecule has 2 atom stereocenters. The van der Waals surface area contributed by atoms with Crippen LogP contribution in [0.5, 0.6) is 0 Å². The molecule has 2 unspecified atom stereocenters. The fourth-order valence-electron chi connectivity index (χ4n) is 3.48. The Morgan fingerprint density at radius 1 is 1.40 bits per heavy atom. The summed E-state index contributed by atoms with van der Waals surface area (Å²) in [7, 11) is 0. The lowest BCUT2D eigenvalue weighted by molar-refractivity contribution is -0.151. The number of carboxylic acid groups (broad SMARTS) is 1. The summed E-state index contributed by atoms with van der Waals surface area (Å²) in [6, 6.07) is 0. The molecule has 0 radical (unpaired) electrons. The van der Waals surface area contributed by atoms with E-state index in [9.17, 15) is 9.90 Å². The van der Waals surface area contributed by atoms with Gasteiger partial charge >= 0.3 is 5.97 Å². The third-order valence-electron chi connectivity index (χ3n) is 5.09. The number of rotatable bonds is 4. The molecule has 2 saturated heterocycles. The third-order valence-corrected chi connectivity index (χ3v) is 5.09. The van der Waals surface area contributed by atoms with Gasteiger partial charge in [0.15, 0.2) is 0 Å². The molecule has 2 aliphatic heterocycles. The van der Waals surface area contributed by atoms with Crippen LogP contribution in [0.2, 0.25) is 0 Å². The first-order chi connectivity index (χ1) is 9.21. The second-order valence-electron chi connectivity index (χ2n) is 7.66. The van der Waals surface area contributed by atoms with Crippen molar-refractivity contribution in [3.05, 3.63) is 0 Å². The molecule has 2 rings (SSSR count). The van der Waals surface area contributed by atoms with Gasteiger partial charge in [-0.3, -0.25) is 4.79 Å². The molecule has 20 heavy (non-hydrogen) atoms. The number of piperidine rings is 1. The highest BCUT2D eigenvalue weighted by Crippen LogP contribution is 2.35. The number of likely N-dealkylation sites (tertiary alicyclic amines) is 1. The van der Waals surface area contributed by atoms with E-state index in [1.807, 2.05) is 13.8 Å². The number of nitrogens with zero attached hydrogens (tertiary/aromatic N) is 1. The zero-order chi connectivity index (χ0) is 15.0. The van der Waals surface area contributed by atoms with Crippen molar-refractivity contribution >= 4 is 5.97 Å². The van der Waals surface area contributed by atoms with Crippen molar-refractivity contribution in [1.82, 2.24) is 4.90 Å². The van der Waals surface area contributed by atoms with Crippen molar-refractivity contribution in [3.8, 4) is 0 Å². The topological polar surface area (TPSA) is 49.8 Å². The highest BCUT2D eigenvalue weighted by atomic mass is 16.5. The maximum atomic E-state index is 11.4. The van der Waals surface area contributed by atoms with Crippen LogP contribution in [0.1, 0.15) is 53.4 Å². The van der Waals surface area contributed by atoms with E-state index in [-0.39, 0.29) is 11.5 Å². The van der Waals surface area contributed by atoms with Gasteiger partial charge in [-0.25, -0.2) is 0 Å². The summed E-state index contributed by atoms with van der Waals surface area (Å²) in [6.07, 6.45) is 4.67. The molecule has 4 nitrogen and oxygen atoms in total. The summed E-state index contributed by atoms with van der Waals surface area (Å²) in [5.41, 5.74) is -0.616. The molecule has 0 amide bonds. The van der Waals surface area contributed by atoms with Gasteiger partial charge < -0.3 is 14.7 Å². The maximum absolute atomic E-state index is 11.4. The Hall–Kier alpha value is -0.610. The molecule has 0 bridgehead atoms. The van der Waals surface area contributed by atoms with E-state index in [0.29, 0.717) is 6.10 Å². The smallest absolute Gasteiger partial charge is 0.309 e. The molecule has 1 N–H and O–H groups in total. The monoisotopic (exact) mass is 283 g/mol. The van der Waals surface area contributed by atoms with Gasteiger partial charge in [0.05, 0.1) is 17.1 Å². The Kier molecular flexibility index (Phi) is 4.45.